The number of hydrogen-bond acceptors (Lipinski definition) is 12. The van der Waals surface area contributed by atoms with Crippen molar-refractivity contribution in [3.63, 3.8) is 0 Å². The highest BCUT2D eigenvalue weighted by Crippen LogP contribution is 2.39. The summed E-state index contributed by atoms with van der Waals surface area (Å²) in [5.41, 5.74) is -0.219. The van der Waals surface area contributed by atoms with Crippen molar-refractivity contribution in [1.82, 2.24) is 0 Å². The maximum absolute atomic E-state index is 12.9. The molecule has 42 heavy (non-hydrogen) atoms. The molecule has 10 unspecified atom stereocenters. The Balaban J connectivity index is 1.48. The molecule has 0 aliphatic carbocycles. The Hall–Kier alpha value is -3.39. The van der Waals surface area contributed by atoms with Gasteiger partial charge >= 0.3 is 0 Å². The molecule has 0 bridgehead atoms. The summed E-state index contributed by atoms with van der Waals surface area (Å²) in [5.74, 6) is -1.10. The summed E-state index contributed by atoms with van der Waals surface area (Å²) in [5, 5.41) is 61.1. The third-order valence-corrected chi connectivity index (χ3v) is 8.31. The second-order valence-electron chi connectivity index (χ2n) is 11.1. The van der Waals surface area contributed by atoms with E-state index in [1.54, 1.807) is 6.92 Å². The Morgan fingerprint density at radius 1 is 0.810 bits per heavy atom. The van der Waals surface area contributed by atoms with Crippen LogP contribution in [0.5, 0.6) is 23.0 Å². The van der Waals surface area contributed by atoms with Gasteiger partial charge in [-0.25, -0.2) is 0 Å². The standard InChI is InChI=1S/C30H36O12/c1-5-21-12(2)13(3)28(42-29-27(37)26(36)25(35)14(4)38-29)30(41-21)39-16-9-19(33)24-20(34)11-22(40-23(24)10-16)15-6-7-17(31)18(32)8-15/h6-14,21,25-33,35-37H,5H2,1-4H3. The van der Waals surface area contributed by atoms with Gasteiger partial charge in [0.2, 0.25) is 6.29 Å². The fourth-order valence-electron chi connectivity index (χ4n) is 5.56. The molecule has 3 aromatic rings. The molecule has 0 amide bonds. The van der Waals surface area contributed by atoms with Crippen molar-refractivity contribution in [1.29, 1.82) is 0 Å². The van der Waals surface area contributed by atoms with Gasteiger partial charge in [0, 0.05) is 23.8 Å². The molecule has 10 atom stereocenters. The largest absolute Gasteiger partial charge is 0.507 e. The Morgan fingerprint density at radius 3 is 2.24 bits per heavy atom. The van der Waals surface area contributed by atoms with E-state index in [2.05, 4.69) is 0 Å². The van der Waals surface area contributed by atoms with E-state index < -0.39 is 60.0 Å². The molecule has 12 nitrogen and oxygen atoms in total. The summed E-state index contributed by atoms with van der Waals surface area (Å²) in [6.07, 6.45) is -7.80. The number of phenolic OH excluding ortho intramolecular Hbond substituents is 3. The minimum atomic E-state index is -1.53. The lowest BCUT2D eigenvalue weighted by atomic mass is 9.82. The van der Waals surface area contributed by atoms with Crippen molar-refractivity contribution in [2.24, 2.45) is 11.8 Å². The smallest absolute Gasteiger partial charge is 0.227 e. The molecule has 1 aromatic heterocycles. The first kappa shape index (κ1) is 30.1. The van der Waals surface area contributed by atoms with Crippen molar-refractivity contribution in [2.75, 3.05) is 0 Å². The molecular weight excluding hydrogens is 552 g/mol. The Labute approximate surface area is 241 Å². The molecule has 0 spiro atoms. The molecule has 228 valence electrons. The maximum Gasteiger partial charge on any atom is 0.227 e. The predicted octanol–water partition coefficient (Wildman–Crippen LogP) is 2.58. The lowest BCUT2D eigenvalue weighted by Crippen LogP contribution is -2.61. The maximum atomic E-state index is 12.9. The van der Waals surface area contributed by atoms with Gasteiger partial charge in [-0.1, -0.05) is 20.8 Å². The fraction of sp³-hybridized carbons (Fsp3) is 0.500. The summed E-state index contributed by atoms with van der Waals surface area (Å²) < 4.78 is 30.2. The average Bonchev–Trinajstić information content (AvgIpc) is 2.95. The van der Waals surface area contributed by atoms with Crippen LogP contribution >= 0.6 is 0 Å². The molecule has 2 saturated heterocycles. The van der Waals surface area contributed by atoms with Crippen LogP contribution in [-0.2, 0) is 14.2 Å². The molecule has 3 heterocycles. The summed E-state index contributed by atoms with van der Waals surface area (Å²) in [6, 6.07) is 7.79. The van der Waals surface area contributed by atoms with Gasteiger partial charge in [-0.2, -0.15) is 0 Å². The molecule has 2 aromatic carbocycles. The molecule has 0 radical (unpaired) electrons. The number of phenols is 3. The number of aromatic hydroxyl groups is 3. The number of aliphatic hydroxyl groups is 3. The lowest BCUT2D eigenvalue weighted by molar-refractivity contribution is -0.342. The minimum Gasteiger partial charge on any atom is -0.507 e. The SMILES string of the molecule is CCC1OC(Oc2cc(O)c3c(=O)cc(-c4ccc(O)c(O)c4)oc3c2)C(OC2OC(C)C(O)C(O)C2O)C(C)C1C. The number of rotatable bonds is 6. The minimum absolute atomic E-state index is 0.00114. The van der Waals surface area contributed by atoms with E-state index in [1.807, 2.05) is 20.8 Å². The average molecular weight is 589 g/mol. The monoisotopic (exact) mass is 588 g/mol. The van der Waals surface area contributed by atoms with Crippen molar-refractivity contribution in [3.05, 3.63) is 46.6 Å². The number of hydrogen-bond donors (Lipinski definition) is 6. The zero-order valence-corrected chi connectivity index (χ0v) is 23.6. The van der Waals surface area contributed by atoms with Gasteiger partial charge in [0.05, 0.1) is 12.2 Å². The second-order valence-corrected chi connectivity index (χ2v) is 11.1. The number of benzene rings is 2. The third-order valence-electron chi connectivity index (χ3n) is 8.31. The zero-order chi connectivity index (χ0) is 30.5. The van der Waals surface area contributed by atoms with Crippen LogP contribution in [0.3, 0.4) is 0 Å². The Bertz CT molecular complexity index is 1490. The molecule has 6 N–H and O–H groups in total. The highest BCUT2D eigenvalue weighted by Gasteiger charge is 2.48. The first-order valence-electron chi connectivity index (χ1n) is 13.9. The van der Waals surface area contributed by atoms with Gasteiger partial charge < -0.3 is 54.0 Å². The lowest BCUT2D eigenvalue weighted by Gasteiger charge is -2.47. The number of aliphatic hydroxyl groups excluding tert-OH is 3. The normalized spacial score (nSPS) is 33.5. The van der Waals surface area contributed by atoms with Crippen LogP contribution in [0.25, 0.3) is 22.3 Å². The van der Waals surface area contributed by atoms with Crippen molar-refractivity contribution < 1.29 is 54.0 Å². The van der Waals surface area contributed by atoms with E-state index in [1.165, 1.54) is 36.4 Å². The van der Waals surface area contributed by atoms with Crippen LogP contribution in [0.2, 0.25) is 0 Å². The molecule has 2 aliphatic heterocycles. The molecule has 2 aliphatic rings. The molecule has 5 rings (SSSR count). The van der Waals surface area contributed by atoms with E-state index in [0.29, 0.717) is 12.0 Å². The van der Waals surface area contributed by atoms with Crippen molar-refractivity contribution in [2.45, 2.75) is 83.3 Å². The van der Waals surface area contributed by atoms with E-state index in [9.17, 15) is 35.4 Å². The van der Waals surface area contributed by atoms with Crippen LogP contribution in [0.15, 0.2) is 45.6 Å². The van der Waals surface area contributed by atoms with E-state index in [0.717, 1.165) is 0 Å². The summed E-state index contributed by atoms with van der Waals surface area (Å²) >= 11 is 0. The van der Waals surface area contributed by atoms with Gasteiger partial charge in [-0.05, 0) is 43.4 Å². The third kappa shape index (κ3) is 5.53. The summed E-state index contributed by atoms with van der Waals surface area (Å²) in [4.78, 5) is 12.9. The highest BCUT2D eigenvalue weighted by atomic mass is 16.7. The second kappa shape index (κ2) is 11.7. The summed E-state index contributed by atoms with van der Waals surface area (Å²) in [6.45, 7) is 7.47. The van der Waals surface area contributed by atoms with Gasteiger partial charge in [-0.15, -0.1) is 0 Å². The van der Waals surface area contributed by atoms with Crippen LogP contribution in [-0.4, -0.2) is 79.8 Å². The van der Waals surface area contributed by atoms with E-state index in [4.69, 9.17) is 23.4 Å². The molecule has 0 saturated carbocycles. The van der Waals surface area contributed by atoms with Gasteiger partial charge in [0.25, 0.3) is 0 Å². The van der Waals surface area contributed by atoms with Crippen LogP contribution < -0.4 is 10.2 Å². The quantitative estimate of drug-likeness (QED) is 0.231. The fourth-order valence-corrected chi connectivity index (χ4v) is 5.56. The van der Waals surface area contributed by atoms with E-state index >= 15 is 0 Å². The zero-order valence-electron chi connectivity index (χ0n) is 23.6. The van der Waals surface area contributed by atoms with Crippen LogP contribution in [0, 0.1) is 11.8 Å². The Kier molecular flexibility index (Phi) is 8.39. The summed E-state index contributed by atoms with van der Waals surface area (Å²) in [7, 11) is 0. The first-order chi connectivity index (χ1) is 19.9. The van der Waals surface area contributed by atoms with Gasteiger partial charge in [0.1, 0.15) is 52.6 Å². The molecule has 12 heteroatoms. The van der Waals surface area contributed by atoms with Gasteiger partial charge in [-0.3, -0.25) is 4.79 Å². The molecular formula is C30H36O12. The van der Waals surface area contributed by atoms with E-state index in [-0.39, 0.29) is 46.2 Å². The van der Waals surface area contributed by atoms with Crippen molar-refractivity contribution >= 4 is 11.0 Å². The molecule has 2 fully saturated rings. The topological polar surface area (TPSA) is 189 Å². The predicted molar refractivity (Wildman–Crippen MR) is 148 cm³/mol. The Morgan fingerprint density at radius 2 is 1.55 bits per heavy atom. The van der Waals surface area contributed by atoms with Crippen LogP contribution in [0.1, 0.15) is 34.1 Å². The number of ether oxygens (including phenoxy) is 4. The van der Waals surface area contributed by atoms with Gasteiger partial charge in [0.15, 0.2) is 23.2 Å². The first-order valence-corrected chi connectivity index (χ1v) is 13.9. The van der Waals surface area contributed by atoms with Crippen molar-refractivity contribution in [3.8, 4) is 34.3 Å². The van der Waals surface area contributed by atoms with Crippen LogP contribution in [0.4, 0.5) is 0 Å². The highest BCUT2D eigenvalue weighted by molar-refractivity contribution is 5.86. The number of fused-ring (bicyclic) bond motifs is 1.